The highest BCUT2D eigenvalue weighted by atomic mass is 15.1. The molecule has 0 aliphatic carbocycles. The Morgan fingerprint density at radius 1 is 0.304 bits per heavy atom. The van der Waals surface area contributed by atoms with Gasteiger partial charge in [0.2, 0.25) is 0 Å². The molecule has 0 saturated carbocycles. The zero-order chi connectivity index (χ0) is 37.0. The second kappa shape index (κ2) is 13.0. The zero-order valence-corrected chi connectivity index (χ0v) is 30.1. The molecule has 0 atom stereocenters. The molecule has 4 aromatic heterocycles. The van der Waals surface area contributed by atoms with Gasteiger partial charge in [-0.05, 0) is 81.2 Å². The van der Waals surface area contributed by atoms with Crippen LogP contribution >= 0.6 is 0 Å². The average molecular weight is 714 g/mol. The molecular formula is C51H31N5. The van der Waals surface area contributed by atoms with Crippen molar-refractivity contribution in [2.24, 2.45) is 0 Å². The number of pyridine rings is 3. The number of fused-ring (bicyclic) bond motifs is 7. The summed E-state index contributed by atoms with van der Waals surface area (Å²) in [6, 6.07) is 63.6. The van der Waals surface area contributed by atoms with Crippen molar-refractivity contribution in [2.45, 2.75) is 0 Å². The van der Waals surface area contributed by atoms with E-state index in [1.807, 2.05) is 42.6 Å². The fourth-order valence-electron chi connectivity index (χ4n) is 7.89. The number of hydrogen-bond acceptors (Lipinski definition) is 5. The summed E-state index contributed by atoms with van der Waals surface area (Å²) in [5.41, 5.74) is 12.5. The SMILES string of the molecule is c1cc(-c2ccc(-c3cnc4ccccc4c3)nn2)cc(-c2ccc3ccc4ccc(-c5ccc(-c6cc7ccccc7c7ccccc67)cc5)nc4c3n2)c1. The van der Waals surface area contributed by atoms with Crippen LogP contribution in [-0.2, 0) is 0 Å². The Hall–Kier alpha value is -7.63. The first-order valence-corrected chi connectivity index (χ1v) is 18.7. The molecule has 0 radical (unpaired) electrons. The van der Waals surface area contributed by atoms with Gasteiger partial charge in [-0.25, -0.2) is 9.97 Å². The summed E-state index contributed by atoms with van der Waals surface area (Å²) < 4.78 is 0. The minimum absolute atomic E-state index is 0.785. The summed E-state index contributed by atoms with van der Waals surface area (Å²) in [4.78, 5) is 15.0. The smallest absolute Gasteiger partial charge is 0.0972 e. The third-order valence-corrected chi connectivity index (χ3v) is 10.8. The number of nitrogens with zero attached hydrogens (tertiary/aromatic N) is 5. The highest BCUT2D eigenvalue weighted by Crippen LogP contribution is 2.36. The molecule has 0 amide bonds. The van der Waals surface area contributed by atoms with Crippen LogP contribution in [0.15, 0.2) is 188 Å². The summed E-state index contributed by atoms with van der Waals surface area (Å²) in [6.45, 7) is 0. The highest BCUT2D eigenvalue weighted by Gasteiger charge is 2.13. The van der Waals surface area contributed by atoms with Crippen LogP contribution in [0, 0.1) is 0 Å². The largest absolute Gasteiger partial charge is 0.256 e. The van der Waals surface area contributed by atoms with Crippen molar-refractivity contribution in [2.75, 3.05) is 0 Å². The van der Waals surface area contributed by atoms with Crippen LogP contribution in [-0.4, -0.2) is 25.1 Å². The minimum Gasteiger partial charge on any atom is -0.256 e. The molecule has 0 fully saturated rings. The van der Waals surface area contributed by atoms with Crippen LogP contribution < -0.4 is 0 Å². The predicted molar refractivity (Wildman–Crippen MR) is 230 cm³/mol. The van der Waals surface area contributed by atoms with E-state index in [0.29, 0.717) is 0 Å². The number of benzene rings is 7. The molecule has 56 heavy (non-hydrogen) atoms. The van der Waals surface area contributed by atoms with Gasteiger partial charge in [-0.3, -0.25) is 4.98 Å². The summed E-state index contributed by atoms with van der Waals surface area (Å²) in [6.07, 6.45) is 1.85. The van der Waals surface area contributed by atoms with Crippen LogP contribution in [0.3, 0.4) is 0 Å². The first-order chi connectivity index (χ1) is 27.7. The van der Waals surface area contributed by atoms with E-state index in [-0.39, 0.29) is 0 Å². The fraction of sp³-hybridized carbons (Fsp3) is 0. The van der Waals surface area contributed by atoms with Gasteiger partial charge in [0, 0.05) is 44.6 Å². The van der Waals surface area contributed by atoms with Crippen molar-refractivity contribution in [1.82, 2.24) is 25.1 Å². The van der Waals surface area contributed by atoms with Gasteiger partial charge in [-0.2, -0.15) is 0 Å². The lowest BCUT2D eigenvalue weighted by Gasteiger charge is -2.12. The normalized spacial score (nSPS) is 11.6. The van der Waals surface area contributed by atoms with Crippen LogP contribution in [0.5, 0.6) is 0 Å². The Morgan fingerprint density at radius 3 is 1.59 bits per heavy atom. The van der Waals surface area contributed by atoms with Crippen molar-refractivity contribution in [3.05, 3.63) is 188 Å². The Kier molecular flexibility index (Phi) is 7.42. The summed E-state index contributed by atoms with van der Waals surface area (Å²) in [7, 11) is 0. The lowest BCUT2D eigenvalue weighted by atomic mass is 9.93. The van der Waals surface area contributed by atoms with Crippen LogP contribution in [0.25, 0.3) is 110 Å². The Bertz CT molecular complexity index is 3300. The van der Waals surface area contributed by atoms with E-state index < -0.39 is 0 Å². The molecule has 11 rings (SSSR count). The molecule has 0 N–H and O–H groups in total. The van der Waals surface area contributed by atoms with E-state index in [2.05, 4.69) is 161 Å². The van der Waals surface area contributed by atoms with E-state index >= 15 is 0 Å². The lowest BCUT2D eigenvalue weighted by molar-refractivity contribution is 1.04. The van der Waals surface area contributed by atoms with Gasteiger partial charge in [-0.15, -0.1) is 10.2 Å². The average Bonchev–Trinajstić information content (AvgIpc) is 3.28. The summed E-state index contributed by atoms with van der Waals surface area (Å²) in [5, 5.41) is 17.4. The van der Waals surface area contributed by atoms with Crippen molar-refractivity contribution < 1.29 is 0 Å². The first-order valence-electron chi connectivity index (χ1n) is 18.7. The van der Waals surface area contributed by atoms with Gasteiger partial charge >= 0.3 is 0 Å². The van der Waals surface area contributed by atoms with E-state index in [0.717, 1.165) is 77.7 Å². The Morgan fingerprint density at radius 2 is 0.857 bits per heavy atom. The van der Waals surface area contributed by atoms with Crippen LogP contribution in [0.2, 0.25) is 0 Å². The molecule has 5 nitrogen and oxygen atoms in total. The van der Waals surface area contributed by atoms with Gasteiger partial charge in [0.05, 0.1) is 39.3 Å². The molecule has 0 spiro atoms. The van der Waals surface area contributed by atoms with Crippen molar-refractivity contribution >= 4 is 54.3 Å². The molecule has 0 saturated heterocycles. The van der Waals surface area contributed by atoms with Crippen LogP contribution in [0.4, 0.5) is 0 Å². The van der Waals surface area contributed by atoms with Gasteiger partial charge in [-0.1, -0.05) is 133 Å². The molecule has 0 bridgehead atoms. The number of aromatic nitrogens is 5. The molecule has 5 heteroatoms. The zero-order valence-electron chi connectivity index (χ0n) is 30.1. The molecule has 0 aliphatic heterocycles. The topological polar surface area (TPSA) is 64.5 Å². The van der Waals surface area contributed by atoms with Crippen LogP contribution in [0.1, 0.15) is 0 Å². The number of para-hydroxylation sites is 1. The molecule has 0 aliphatic rings. The van der Waals surface area contributed by atoms with Gasteiger partial charge in [0.1, 0.15) is 0 Å². The fourth-order valence-corrected chi connectivity index (χ4v) is 7.89. The molecule has 4 heterocycles. The predicted octanol–water partition coefficient (Wildman–Crippen LogP) is 12.8. The third kappa shape index (κ3) is 5.53. The third-order valence-electron chi connectivity index (χ3n) is 10.8. The van der Waals surface area contributed by atoms with Crippen molar-refractivity contribution in [1.29, 1.82) is 0 Å². The summed E-state index contributed by atoms with van der Waals surface area (Å²) >= 11 is 0. The van der Waals surface area contributed by atoms with E-state index in [1.165, 1.54) is 32.7 Å². The maximum Gasteiger partial charge on any atom is 0.0972 e. The number of rotatable bonds is 5. The molecule has 7 aromatic carbocycles. The Labute approximate surface area is 322 Å². The quantitative estimate of drug-likeness (QED) is 0.166. The first kappa shape index (κ1) is 31.9. The minimum atomic E-state index is 0.785. The summed E-state index contributed by atoms with van der Waals surface area (Å²) in [5.74, 6) is 0. The second-order valence-corrected chi connectivity index (χ2v) is 14.2. The standard InChI is InChI=1S/C51H31N5/c1-3-12-41-36(8-1)30-44(43-14-5-4-13-42(41)43)32-16-18-33(19-17-32)46-24-22-34-20-21-35-23-25-47(54-51(35)50(34)53-46)38-10-7-11-39(28-38)48-26-27-49(56-55-48)40-29-37-9-2-6-15-45(37)52-31-40/h1-31H. The van der Waals surface area contributed by atoms with Gasteiger partial charge in [0.25, 0.3) is 0 Å². The highest BCUT2D eigenvalue weighted by molar-refractivity contribution is 6.13. The molecule has 0 unspecified atom stereocenters. The second-order valence-electron chi connectivity index (χ2n) is 14.2. The monoisotopic (exact) mass is 713 g/mol. The maximum absolute atomic E-state index is 5.23. The van der Waals surface area contributed by atoms with Crippen molar-refractivity contribution in [3.63, 3.8) is 0 Å². The van der Waals surface area contributed by atoms with Gasteiger partial charge < -0.3 is 0 Å². The van der Waals surface area contributed by atoms with Gasteiger partial charge in [0.15, 0.2) is 0 Å². The van der Waals surface area contributed by atoms with E-state index in [1.54, 1.807) is 0 Å². The van der Waals surface area contributed by atoms with Crippen molar-refractivity contribution in [3.8, 4) is 56.2 Å². The lowest BCUT2D eigenvalue weighted by Crippen LogP contribution is -1.93. The van der Waals surface area contributed by atoms with E-state index in [9.17, 15) is 0 Å². The molecule has 260 valence electrons. The Balaban J connectivity index is 0.920. The number of hydrogen-bond donors (Lipinski definition) is 0. The van der Waals surface area contributed by atoms with E-state index in [4.69, 9.17) is 9.97 Å². The molecular weight excluding hydrogens is 683 g/mol. The maximum atomic E-state index is 5.23. The molecule has 11 aromatic rings.